The summed E-state index contributed by atoms with van der Waals surface area (Å²) in [6.07, 6.45) is -3.58. The molecule has 2 heterocycles. The third-order valence-corrected chi connectivity index (χ3v) is 5.72. The number of anilines is 1. The van der Waals surface area contributed by atoms with Crippen LogP contribution in [0.15, 0.2) is 47.4 Å². The van der Waals surface area contributed by atoms with Gasteiger partial charge in [-0.15, -0.1) is 0 Å². The van der Waals surface area contributed by atoms with Crippen molar-refractivity contribution in [3.63, 3.8) is 0 Å². The lowest BCUT2D eigenvalue weighted by Crippen LogP contribution is -2.47. The quantitative estimate of drug-likeness (QED) is 0.615. The minimum absolute atomic E-state index is 0.0305. The Morgan fingerprint density at radius 3 is 2.53 bits per heavy atom. The predicted molar refractivity (Wildman–Crippen MR) is 116 cm³/mol. The lowest BCUT2D eigenvalue weighted by Gasteiger charge is -2.30. The monoisotopic (exact) mass is 467 g/mol. The van der Waals surface area contributed by atoms with Gasteiger partial charge in [-0.3, -0.25) is 9.88 Å². The summed E-state index contributed by atoms with van der Waals surface area (Å²) in [5.41, 5.74) is -0.203. The van der Waals surface area contributed by atoms with Crippen LogP contribution in [0.2, 0.25) is 19.6 Å². The van der Waals surface area contributed by atoms with Crippen molar-refractivity contribution in [3.05, 3.63) is 58.6 Å². The van der Waals surface area contributed by atoms with Gasteiger partial charge in [-0.1, -0.05) is 37.3 Å². The van der Waals surface area contributed by atoms with Crippen LogP contribution in [0.5, 0.6) is 0 Å². The van der Waals surface area contributed by atoms with Gasteiger partial charge in [0.25, 0.3) is 0 Å². The molecule has 1 amide bonds. The molecule has 1 aromatic carbocycles. The predicted octanol–water partition coefficient (Wildman–Crippen LogP) is 4.15. The molecule has 11 heteroatoms. The highest BCUT2D eigenvalue weighted by molar-refractivity contribution is 6.69. The fourth-order valence-electron chi connectivity index (χ4n) is 3.34. The maximum Gasteiger partial charge on any atom is 0.413 e. The standard InChI is InChI=1S/C21H27F2N3O5Si/c1-5-15-17(31-32(2,3)4)21(22,23)18(30-15)26-12-11-16(24-19(26)27)25-20(28)29-13-14-9-7-6-8-10-14/h6-12,15,17-18H,5,13H2,1-4H3,(H,24,25,27,28)/t15-,17?,18-/m1/s1. The molecule has 0 radical (unpaired) electrons. The molecule has 8 nitrogen and oxygen atoms in total. The topological polar surface area (TPSA) is 91.7 Å². The van der Waals surface area contributed by atoms with Crippen LogP contribution >= 0.6 is 0 Å². The number of alkyl halides is 2. The number of benzene rings is 1. The summed E-state index contributed by atoms with van der Waals surface area (Å²) in [4.78, 5) is 28.1. The second kappa shape index (κ2) is 9.47. The van der Waals surface area contributed by atoms with Crippen LogP contribution in [-0.4, -0.2) is 42.1 Å². The van der Waals surface area contributed by atoms with E-state index in [2.05, 4.69) is 10.3 Å². The van der Waals surface area contributed by atoms with Gasteiger partial charge >= 0.3 is 17.7 Å². The average Bonchev–Trinajstić information content (AvgIpc) is 2.96. The molecule has 1 aliphatic rings. The molecule has 174 valence electrons. The Hall–Kier alpha value is -2.63. The Balaban J connectivity index is 1.71. The lowest BCUT2D eigenvalue weighted by molar-refractivity contribution is -0.137. The first kappa shape index (κ1) is 24.0. The molecule has 1 saturated heterocycles. The van der Waals surface area contributed by atoms with Gasteiger partial charge in [0, 0.05) is 6.20 Å². The Morgan fingerprint density at radius 1 is 1.25 bits per heavy atom. The number of halogens is 2. The zero-order chi connectivity index (χ0) is 23.5. The number of amides is 1. The van der Waals surface area contributed by atoms with E-state index in [0.29, 0.717) is 6.42 Å². The summed E-state index contributed by atoms with van der Waals surface area (Å²) < 4.78 is 47.4. The summed E-state index contributed by atoms with van der Waals surface area (Å²) in [6.45, 7) is 7.19. The van der Waals surface area contributed by atoms with Crippen molar-refractivity contribution in [2.75, 3.05) is 5.32 Å². The lowest BCUT2D eigenvalue weighted by atomic mass is 10.1. The number of aromatic nitrogens is 2. The maximum atomic E-state index is 15.2. The number of carbonyl (C=O) groups excluding carboxylic acids is 1. The van der Waals surface area contributed by atoms with Crippen molar-refractivity contribution < 1.29 is 27.5 Å². The van der Waals surface area contributed by atoms with Gasteiger partial charge in [0.1, 0.15) is 18.5 Å². The second-order valence-corrected chi connectivity index (χ2v) is 12.9. The fraction of sp³-hybridized carbons (Fsp3) is 0.476. The number of rotatable bonds is 7. The van der Waals surface area contributed by atoms with Crippen molar-refractivity contribution in [2.45, 2.75) is 64.0 Å². The number of hydrogen-bond donors (Lipinski definition) is 1. The van der Waals surface area contributed by atoms with Crippen LogP contribution in [0, 0.1) is 0 Å². The van der Waals surface area contributed by atoms with Crippen LogP contribution in [0.25, 0.3) is 0 Å². The molecule has 0 bridgehead atoms. The zero-order valence-corrected chi connectivity index (χ0v) is 19.4. The van der Waals surface area contributed by atoms with E-state index in [0.717, 1.165) is 16.3 Å². The molecule has 0 aliphatic carbocycles. The number of nitrogens with zero attached hydrogens (tertiary/aromatic N) is 2. The molecule has 1 N–H and O–H groups in total. The largest absolute Gasteiger partial charge is 0.444 e. The smallest absolute Gasteiger partial charge is 0.413 e. The number of ether oxygens (including phenoxy) is 2. The van der Waals surface area contributed by atoms with Crippen LogP contribution in [-0.2, 0) is 20.5 Å². The van der Waals surface area contributed by atoms with E-state index in [4.69, 9.17) is 13.9 Å². The summed E-state index contributed by atoms with van der Waals surface area (Å²) in [5, 5.41) is 2.32. The highest BCUT2D eigenvalue weighted by Gasteiger charge is 2.61. The van der Waals surface area contributed by atoms with Crippen molar-refractivity contribution in [2.24, 2.45) is 0 Å². The minimum atomic E-state index is -3.43. The molecule has 1 aliphatic heterocycles. The molecule has 1 unspecified atom stereocenters. The van der Waals surface area contributed by atoms with Crippen LogP contribution in [0.1, 0.15) is 25.1 Å². The average molecular weight is 468 g/mol. The third kappa shape index (κ3) is 5.58. The van der Waals surface area contributed by atoms with E-state index in [9.17, 15) is 9.59 Å². The summed E-state index contributed by atoms with van der Waals surface area (Å²) >= 11 is 0. The molecule has 0 saturated carbocycles. The van der Waals surface area contributed by atoms with E-state index in [-0.39, 0.29) is 12.4 Å². The van der Waals surface area contributed by atoms with Crippen LogP contribution in [0.3, 0.4) is 0 Å². The van der Waals surface area contributed by atoms with Crippen molar-refractivity contribution in [3.8, 4) is 0 Å². The number of nitrogens with one attached hydrogen (secondary N) is 1. The van der Waals surface area contributed by atoms with Crippen molar-refractivity contribution >= 4 is 20.2 Å². The van der Waals surface area contributed by atoms with Gasteiger partial charge in [-0.05, 0) is 37.7 Å². The minimum Gasteiger partial charge on any atom is -0.444 e. The molecule has 32 heavy (non-hydrogen) atoms. The normalized spacial score (nSPS) is 22.5. The maximum absolute atomic E-state index is 15.2. The Bertz CT molecular complexity index is 997. The Morgan fingerprint density at radius 2 is 1.94 bits per heavy atom. The van der Waals surface area contributed by atoms with Gasteiger partial charge < -0.3 is 13.9 Å². The van der Waals surface area contributed by atoms with E-state index in [1.807, 2.05) is 25.7 Å². The van der Waals surface area contributed by atoms with Gasteiger partial charge in [0.2, 0.25) is 6.23 Å². The highest BCUT2D eigenvalue weighted by Crippen LogP contribution is 2.45. The van der Waals surface area contributed by atoms with E-state index in [1.54, 1.807) is 31.2 Å². The molecule has 3 atom stereocenters. The van der Waals surface area contributed by atoms with E-state index in [1.165, 1.54) is 6.07 Å². The van der Waals surface area contributed by atoms with E-state index < -0.39 is 44.5 Å². The Labute approximate surface area is 185 Å². The fourth-order valence-corrected chi connectivity index (χ4v) is 4.41. The van der Waals surface area contributed by atoms with Gasteiger partial charge in [-0.2, -0.15) is 13.8 Å². The SMILES string of the molecule is CC[C@H]1O[C@@H](n2ccc(NC(=O)OCc3ccccc3)nc2=O)C(F)(F)C1O[Si](C)(C)C. The molecular formula is C21H27F2N3O5Si. The van der Waals surface area contributed by atoms with Gasteiger partial charge in [0.05, 0.1) is 6.10 Å². The van der Waals surface area contributed by atoms with E-state index >= 15 is 8.78 Å². The summed E-state index contributed by atoms with van der Waals surface area (Å²) in [5.74, 6) is -3.55. The number of carbonyl (C=O) groups is 1. The summed E-state index contributed by atoms with van der Waals surface area (Å²) in [7, 11) is -2.30. The first-order chi connectivity index (χ1) is 15.0. The molecule has 1 aromatic heterocycles. The zero-order valence-electron chi connectivity index (χ0n) is 18.4. The highest BCUT2D eigenvalue weighted by atomic mass is 28.4. The van der Waals surface area contributed by atoms with Crippen LogP contribution in [0.4, 0.5) is 19.4 Å². The van der Waals surface area contributed by atoms with Crippen molar-refractivity contribution in [1.29, 1.82) is 0 Å². The first-order valence-electron chi connectivity index (χ1n) is 10.3. The number of hydrogen-bond acceptors (Lipinski definition) is 6. The first-order valence-corrected chi connectivity index (χ1v) is 13.7. The Kier molecular flexibility index (Phi) is 7.11. The molecule has 0 spiro atoms. The molecule has 2 aromatic rings. The molecule has 1 fully saturated rings. The summed E-state index contributed by atoms with van der Waals surface area (Å²) in [6, 6.07) is 10.3. The third-order valence-electron chi connectivity index (χ3n) is 4.76. The van der Waals surface area contributed by atoms with Crippen molar-refractivity contribution in [1.82, 2.24) is 9.55 Å². The molecular weight excluding hydrogens is 440 g/mol. The molecule has 3 rings (SSSR count). The van der Waals surface area contributed by atoms with Crippen LogP contribution < -0.4 is 11.0 Å². The second-order valence-electron chi connectivity index (χ2n) is 8.45. The van der Waals surface area contributed by atoms with Gasteiger partial charge in [-0.25, -0.2) is 9.59 Å². The van der Waals surface area contributed by atoms with Gasteiger partial charge in [0.15, 0.2) is 8.32 Å².